The van der Waals surface area contributed by atoms with Gasteiger partial charge in [-0.2, -0.15) is 0 Å². The normalized spacial score (nSPS) is 11.3. The van der Waals surface area contributed by atoms with Crippen molar-refractivity contribution in [2.24, 2.45) is 0 Å². The number of hydrogen-bond donors (Lipinski definition) is 0. The molecule has 0 fully saturated rings. The summed E-state index contributed by atoms with van der Waals surface area (Å²) in [4.78, 5) is 2.30. The minimum atomic E-state index is 0.882. The fourth-order valence-corrected chi connectivity index (χ4v) is 5.91. The molecule has 7 aromatic carbocycles. The van der Waals surface area contributed by atoms with Gasteiger partial charge in [0, 0.05) is 33.9 Å². The van der Waals surface area contributed by atoms with Crippen LogP contribution in [0.4, 0.5) is 17.1 Å². The van der Waals surface area contributed by atoms with Crippen LogP contribution in [0.1, 0.15) is 0 Å². The van der Waals surface area contributed by atoms with Crippen molar-refractivity contribution in [3.8, 4) is 22.3 Å². The maximum absolute atomic E-state index is 6.28. The molecule has 0 atom stereocenters. The number of hydrogen-bond acceptors (Lipinski definition) is 2. The third-order valence-corrected chi connectivity index (χ3v) is 8.06. The second-order valence-electron chi connectivity index (χ2n) is 10.6. The summed E-state index contributed by atoms with van der Waals surface area (Å²) in [6.07, 6.45) is 0. The second kappa shape index (κ2) is 10.1. The molecule has 0 aliphatic carbocycles. The van der Waals surface area contributed by atoms with E-state index in [0.29, 0.717) is 0 Å². The van der Waals surface area contributed by atoms with E-state index in [-0.39, 0.29) is 0 Å². The Morgan fingerprint density at radius 3 is 1.64 bits per heavy atom. The Hall–Kier alpha value is -5.60. The van der Waals surface area contributed by atoms with Crippen LogP contribution >= 0.6 is 0 Å². The molecule has 2 heteroatoms. The van der Waals surface area contributed by atoms with Gasteiger partial charge in [-0.1, -0.05) is 109 Å². The predicted octanol–water partition coefficient (Wildman–Crippen LogP) is 11.5. The van der Waals surface area contributed by atoms with Gasteiger partial charge in [0.1, 0.15) is 11.2 Å². The first-order valence-corrected chi connectivity index (χ1v) is 14.3. The molecule has 0 bridgehead atoms. The first-order valence-electron chi connectivity index (χ1n) is 14.3. The van der Waals surface area contributed by atoms with Gasteiger partial charge < -0.3 is 9.32 Å². The number of fused-ring (bicyclic) bond motifs is 4. The van der Waals surface area contributed by atoms with Crippen LogP contribution in [0.2, 0.25) is 0 Å². The van der Waals surface area contributed by atoms with Gasteiger partial charge in [-0.25, -0.2) is 0 Å². The van der Waals surface area contributed by atoms with Gasteiger partial charge in [0.15, 0.2) is 0 Å². The van der Waals surface area contributed by atoms with E-state index in [1.165, 1.54) is 33.0 Å². The van der Waals surface area contributed by atoms with Crippen LogP contribution < -0.4 is 4.90 Å². The molecule has 0 unspecified atom stereocenters. The Kier molecular flexibility index (Phi) is 5.82. The monoisotopic (exact) mass is 537 g/mol. The lowest BCUT2D eigenvalue weighted by atomic mass is 10.0. The largest absolute Gasteiger partial charge is 0.456 e. The maximum atomic E-state index is 6.28. The quantitative estimate of drug-likeness (QED) is 0.217. The van der Waals surface area contributed by atoms with Crippen LogP contribution in [0.5, 0.6) is 0 Å². The van der Waals surface area contributed by atoms with Crippen molar-refractivity contribution in [1.82, 2.24) is 0 Å². The minimum Gasteiger partial charge on any atom is -0.456 e. The van der Waals surface area contributed by atoms with Crippen LogP contribution in [0.3, 0.4) is 0 Å². The SMILES string of the molecule is c1ccc(-c2ccc(N(c3ccc(-c4ccc5ccccc5c4)cc3)c3ccc4c(c3)oc3ccccc34)cc2)cc1. The van der Waals surface area contributed by atoms with Crippen LogP contribution in [0.15, 0.2) is 168 Å². The Morgan fingerprint density at radius 2 is 0.881 bits per heavy atom. The van der Waals surface area contributed by atoms with Gasteiger partial charge in [0.25, 0.3) is 0 Å². The van der Waals surface area contributed by atoms with Crippen molar-refractivity contribution in [2.45, 2.75) is 0 Å². The number of furan rings is 1. The molecule has 0 aliphatic rings. The lowest BCUT2D eigenvalue weighted by Crippen LogP contribution is -2.09. The number of anilines is 3. The molecule has 0 N–H and O–H groups in total. The van der Waals surface area contributed by atoms with E-state index >= 15 is 0 Å². The van der Waals surface area contributed by atoms with Crippen molar-refractivity contribution in [3.05, 3.63) is 164 Å². The third kappa shape index (κ3) is 4.31. The summed E-state index contributed by atoms with van der Waals surface area (Å²) >= 11 is 0. The lowest BCUT2D eigenvalue weighted by molar-refractivity contribution is 0.669. The molecule has 0 amide bonds. The standard InChI is InChI=1S/C40H27NO/c1-2-8-28(9-3-1)30-16-20-34(21-17-30)41(36-24-25-38-37-12-6-7-13-39(37)42-40(38)27-36)35-22-18-31(19-23-35)33-15-14-29-10-4-5-11-32(29)26-33/h1-27H. The molecule has 0 saturated carbocycles. The number of para-hydroxylation sites is 1. The highest BCUT2D eigenvalue weighted by molar-refractivity contribution is 6.06. The van der Waals surface area contributed by atoms with Crippen molar-refractivity contribution in [1.29, 1.82) is 0 Å². The molecule has 198 valence electrons. The van der Waals surface area contributed by atoms with Gasteiger partial charge in [0.05, 0.1) is 0 Å². The van der Waals surface area contributed by atoms with E-state index in [1.54, 1.807) is 0 Å². The maximum Gasteiger partial charge on any atom is 0.137 e. The summed E-state index contributed by atoms with van der Waals surface area (Å²) in [7, 11) is 0. The highest BCUT2D eigenvalue weighted by Crippen LogP contribution is 2.39. The van der Waals surface area contributed by atoms with Gasteiger partial charge >= 0.3 is 0 Å². The smallest absolute Gasteiger partial charge is 0.137 e. The summed E-state index contributed by atoms with van der Waals surface area (Å²) in [5.74, 6) is 0. The summed E-state index contributed by atoms with van der Waals surface area (Å²) in [6, 6.07) is 58.0. The minimum absolute atomic E-state index is 0.882. The molecule has 8 aromatic rings. The summed E-state index contributed by atoms with van der Waals surface area (Å²) in [6.45, 7) is 0. The van der Waals surface area contributed by atoms with E-state index in [9.17, 15) is 0 Å². The molecule has 0 radical (unpaired) electrons. The zero-order valence-corrected chi connectivity index (χ0v) is 22.9. The van der Waals surface area contributed by atoms with Crippen LogP contribution in [0.25, 0.3) is 55.0 Å². The highest BCUT2D eigenvalue weighted by atomic mass is 16.3. The Bertz CT molecular complexity index is 2180. The third-order valence-electron chi connectivity index (χ3n) is 8.06. The van der Waals surface area contributed by atoms with Gasteiger partial charge in [-0.3, -0.25) is 0 Å². The average molecular weight is 538 g/mol. The average Bonchev–Trinajstić information content (AvgIpc) is 3.44. The van der Waals surface area contributed by atoms with Crippen molar-refractivity contribution in [3.63, 3.8) is 0 Å². The van der Waals surface area contributed by atoms with Crippen molar-refractivity contribution >= 4 is 49.8 Å². The molecule has 0 saturated heterocycles. The van der Waals surface area contributed by atoms with E-state index in [2.05, 4.69) is 157 Å². The molecule has 1 aromatic heterocycles. The van der Waals surface area contributed by atoms with Gasteiger partial charge in [0.2, 0.25) is 0 Å². The molecular formula is C40H27NO. The fourth-order valence-electron chi connectivity index (χ4n) is 5.91. The topological polar surface area (TPSA) is 16.4 Å². The predicted molar refractivity (Wildman–Crippen MR) is 177 cm³/mol. The first-order chi connectivity index (χ1) is 20.8. The zero-order valence-electron chi connectivity index (χ0n) is 22.9. The molecule has 0 spiro atoms. The second-order valence-corrected chi connectivity index (χ2v) is 10.6. The molecule has 1 heterocycles. The van der Waals surface area contributed by atoms with Crippen LogP contribution in [0, 0.1) is 0 Å². The number of rotatable bonds is 5. The van der Waals surface area contributed by atoms with Crippen LogP contribution in [-0.2, 0) is 0 Å². The molecule has 42 heavy (non-hydrogen) atoms. The summed E-state index contributed by atoms with van der Waals surface area (Å²) < 4.78 is 6.28. The van der Waals surface area contributed by atoms with E-state index in [0.717, 1.165) is 39.0 Å². The zero-order chi connectivity index (χ0) is 27.9. The highest BCUT2D eigenvalue weighted by Gasteiger charge is 2.16. The Labute approximate surface area is 244 Å². The van der Waals surface area contributed by atoms with Crippen molar-refractivity contribution in [2.75, 3.05) is 4.90 Å². The van der Waals surface area contributed by atoms with Crippen LogP contribution in [-0.4, -0.2) is 0 Å². The molecule has 2 nitrogen and oxygen atoms in total. The molecule has 0 aliphatic heterocycles. The van der Waals surface area contributed by atoms with E-state index < -0.39 is 0 Å². The van der Waals surface area contributed by atoms with Gasteiger partial charge in [-0.05, 0) is 81.6 Å². The Morgan fingerprint density at radius 1 is 0.333 bits per heavy atom. The lowest BCUT2D eigenvalue weighted by Gasteiger charge is -2.26. The van der Waals surface area contributed by atoms with E-state index in [1.807, 2.05) is 12.1 Å². The molecular weight excluding hydrogens is 510 g/mol. The summed E-state index contributed by atoms with van der Waals surface area (Å²) in [5.41, 5.74) is 9.81. The number of benzene rings is 7. The van der Waals surface area contributed by atoms with Crippen molar-refractivity contribution < 1.29 is 4.42 Å². The first kappa shape index (κ1) is 24.2. The number of nitrogens with zero attached hydrogens (tertiary/aromatic N) is 1. The summed E-state index contributed by atoms with van der Waals surface area (Å²) in [5, 5.41) is 4.76. The van der Waals surface area contributed by atoms with E-state index in [4.69, 9.17) is 4.42 Å². The Balaban J connectivity index is 1.22. The van der Waals surface area contributed by atoms with Gasteiger partial charge in [-0.15, -0.1) is 0 Å². The fraction of sp³-hybridized carbons (Fsp3) is 0. The molecule has 8 rings (SSSR count).